The van der Waals surface area contributed by atoms with Gasteiger partial charge in [0, 0.05) is 24.7 Å². The van der Waals surface area contributed by atoms with Gasteiger partial charge in [-0.25, -0.2) is 4.79 Å². The first-order valence-corrected chi connectivity index (χ1v) is 10.6. The number of urea groups is 1. The van der Waals surface area contributed by atoms with Gasteiger partial charge in [0.1, 0.15) is 5.54 Å². The zero-order valence-electron chi connectivity index (χ0n) is 16.4. The van der Waals surface area contributed by atoms with E-state index in [-0.39, 0.29) is 17.7 Å². The maximum atomic E-state index is 12.7. The molecule has 2 saturated heterocycles. The van der Waals surface area contributed by atoms with E-state index in [9.17, 15) is 19.2 Å². The van der Waals surface area contributed by atoms with E-state index < -0.39 is 17.5 Å². The molecular weight excluding hydrogens is 404 g/mol. The van der Waals surface area contributed by atoms with E-state index in [4.69, 9.17) is 0 Å². The summed E-state index contributed by atoms with van der Waals surface area (Å²) in [7, 11) is 0. The number of amides is 5. The number of thiophene rings is 1. The van der Waals surface area contributed by atoms with Gasteiger partial charge in [-0.3, -0.25) is 19.7 Å². The molecule has 156 valence electrons. The second-order valence-corrected chi connectivity index (χ2v) is 8.59. The summed E-state index contributed by atoms with van der Waals surface area (Å²) >= 11 is 1.42. The second kappa shape index (κ2) is 7.91. The second-order valence-electron chi connectivity index (χ2n) is 7.65. The zero-order valence-corrected chi connectivity index (χ0v) is 17.3. The lowest BCUT2D eigenvalue weighted by atomic mass is 9.91. The molecule has 4 rings (SSSR count). The number of anilines is 1. The lowest BCUT2D eigenvalue weighted by Gasteiger charge is -2.31. The van der Waals surface area contributed by atoms with Crippen molar-refractivity contribution in [1.82, 2.24) is 15.5 Å². The lowest BCUT2D eigenvalue weighted by molar-refractivity contribution is -0.123. The van der Waals surface area contributed by atoms with Crippen LogP contribution in [-0.2, 0) is 15.1 Å². The molecule has 0 saturated carbocycles. The molecule has 2 aliphatic heterocycles. The fraction of sp³-hybridized carbons (Fsp3) is 0.333. The number of likely N-dealkylation sites (tertiary alicyclic amines) is 1. The Kier molecular flexibility index (Phi) is 5.29. The Morgan fingerprint density at radius 3 is 2.57 bits per heavy atom. The smallest absolute Gasteiger partial charge is 0.322 e. The number of benzene rings is 1. The molecule has 0 radical (unpaired) electrons. The molecule has 0 spiro atoms. The van der Waals surface area contributed by atoms with Crippen molar-refractivity contribution in [3.05, 3.63) is 52.2 Å². The van der Waals surface area contributed by atoms with Gasteiger partial charge in [0.05, 0.1) is 4.88 Å². The molecule has 3 N–H and O–H groups in total. The predicted octanol–water partition coefficient (Wildman–Crippen LogP) is 2.29. The minimum atomic E-state index is -1.18. The Morgan fingerprint density at radius 2 is 1.93 bits per heavy atom. The van der Waals surface area contributed by atoms with E-state index in [0.717, 1.165) is 0 Å². The number of piperidine rings is 1. The summed E-state index contributed by atoms with van der Waals surface area (Å²) in [5.41, 5.74) is -0.0320. The number of nitrogens with zero attached hydrogens (tertiary/aromatic N) is 1. The molecule has 2 aliphatic rings. The molecule has 8 nitrogen and oxygen atoms in total. The fourth-order valence-electron chi connectivity index (χ4n) is 3.80. The Morgan fingerprint density at radius 1 is 1.17 bits per heavy atom. The van der Waals surface area contributed by atoms with Gasteiger partial charge in [-0.15, -0.1) is 11.3 Å². The third kappa shape index (κ3) is 3.80. The molecule has 5 amide bonds. The van der Waals surface area contributed by atoms with Gasteiger partial charge in [0.2, 0.25) is 5.91 Å². The fourth-order valence-corrected chi connectivity index (χ4v) is 4.49. The summed E-state index contributed by atoms with van der Waals surface area (Å²) in [6.45, 7) is 2.70. The third-order valence-corrected chi connectivity index (χ3v) is 6.49. The number of carbonyl (C=O) groups is 4. The highest BCUT2D eigenvalue weighted by atomic mass is 32.1. The number of hydrogen-bond donors (Lipinski definition) is 3. The number of nitrogens with one attached hydrogen (secondary N) is 3. The lowest BCUT2D eigenvalue weighted by Crippen LogP contribution is -2.41. The molecule has 1 atom stereocenters. The average molecular weight is 426 g/mol. The molecular formula is C21H22N4O4S. The van der Waals surface area contributed by atoms with Crippen molar-refractivity contribution < 1.29 is 19.2 Å². The van der Waals surface area contributed by atoms with Crippen molar-refractivity contribution in [3.63, 3.8) is 0 Å². The standard InChI is InChI=1S/C21H22N4O4S/c1-21(19(28)23-20(29)24-21)14-4-2-5-15(12-14)22-17(26)13-7-9-25(10-8-13)18(27)16-6-3-11-30-16/h2-6,11-13H,7-10H2,1H3,(H,22,26)(H2,23,24,28,29). The molecule has 0 aliphatic carbocycles. The zero-order chi connectivity index (χ0) is 21.3. The molecule has 30 heavy (non-hydrogen) atoms. The van der Waals surface area contributed by atoms with Crippen LogP contribution in [-0.4, -0.2) is 41.7 Å². The van der Waals surface area contributed by atoms with E-state index in [0.29, 0.717) is 42.1 Å². The molecule has 1 aromatic heterocycles. The highest BCUT2D eigenvalue weighted by molar-refractivity contribution is 7.12. The summed E-state index contributed by atoms with van der Waals surface area (Å²) in [6, 6.07) is 10.0. The molecule has 2 fully saturated rings. The predicted molar refractivity (Wildman–Crippen MR) is 112 cm³/mol. The SMILES string of the molecule is CC1(c2cccc(NC(=O)C3CCN(C(=O)c4cccs4)CC3)c2)NC(=O)NC1=O. The van der Waals surface area contributed by atoms with E-state index >= 15 is 0 Å². The van der Waals surface area contributed by atoms with Gasteiger partial charge < -0.3 is 15.5 Å². The van der Waals surface area contributed by atoms with Crippen LogP contribution in [0.1, 0.15) is 35.0 Å². The van der Waals surface area contributed by atoms with Crippen LogP contribution >= 0.6 is 11.3 Å². The van der Waals surface area contributed by atoms with Gasteiger partial charge >= 0.3 is 6.03 Å². The Hall–Kier alpha value is -3.20. The van der Waals surface area contributed by atoms with E-state index in [2.05, 4.69) is 16.0 Å². The van der Waals surface area contributed by atoms with Crippen LogP contribution in [0, 0.1) is 5.92 Å². The van der Waals surface area contributed by atoms with Crippen molar-refractivity contribution in [2.45, 2.75) is 25.3 Å². The normalized spacial score (nSPS) is 21.8. The first-order valence-electron chi connectivity index (χ1n) is 9.74. The number of carbonyl (C=O) groups excluding carboxylic acids is 4. The van der Waals surface area contributed by atoms with Crippen molar-refractivity contribution in [3.8, 4) is 0 Å². The maximum absolute atomic E-state index is 12.7. The average Bonchev–Trinajstić information content (AvgIpc) is 3.36. The van der Waals surface area contributed by atoms with Gasteiger partial charge in [-0.1, -0.05) is 18.2 Å². The van der Waals surface area contributed by atoms with Gasteiger partial charge in [-0.05, 0) is 48.9 Å². The van der Waals surface area contributed by atoms with Crippen molar-refractivity contribution in [2.24, 2.45) is 5.92 Å². The van der Waals surface area contributed by atoms with Crippen molar-refractivity contribution in [1.29, 1.82) is 0 Å². The van der Waals surface area contributed by atoms with Crippen molar-refractivity contribution in [2.75, 3.05) is 18.4 Å². The molecule has 9 heteroatoms. The van der Waals surface area contributed by atoms with Crippen LogP contribution < -0.4 is 16.0 Å². The highest BCUT2D eigenvalue weighted by Crippen LogP contribution is 2.27. The molecule has 1 aromatic carbocycles. The van der Waals surface area contributed by atoms with Crippen LogP contribution in [0.5, 0.6) is 0 Å². The van der Waals surface area contributed by atoms with E-state index in [1.807, 2.05) is 17.5 Å². The Labute approximate surface area is 177 Å². The first-order chi connectivity index (χ1) is 14.4. The maximum Gasteiger partial charge on any atom is 0.322 e. The molecule has 3 heterocycles. The van der Waals surface area contributed by atoms with E-state index in [1.165, 1.54) is 11.3 Å². The number of hydrogen-bond acceptors (Lipinski definition) is 5. The Balaban J connectivity index is 1.38. The summed E-state index contributed by atoms with van der Waals surface area (Å²) in [4.78, 5) is 51.4. The molecule has 1 unspecified atom stereocenters. The number of rotatable bonds is 4. The van der Waals surface area contributed by atoms with Crippen molar-refractivity contribution >= 4 is 40.8 Å². The highest BCUT2D eigenvalue weighted by Gasteiger charge is 2.43. The van der Waals surface area contributed by atoms with Gasteiger partial charge in [0.15, 0.2) is 0 Å². The van der Waals surface area contributed by atoms with Gasteiger partial charge in [0.25, 0.3) is 11.8 Å². The summed E-state index contributed by atoms with van der Waals surface area (Å²) in [6.07, 6.45) is 1.19. The van der Waals surface area contributed by atoms with E-state index in [1.54, 1.807) is 36.1 Å². The summed E-state index contributed by atoms with van der Waals surface area (Å²) in [5, 5.41) is 9.63. The molecule has 2 aromatic rings. The summed E-state index contributed by atoms with van der Waals surface area (Å²) in [5.74, 6) is -0.716. The van der Waals surface area contributed by atoms with Crippen LogP contribution in [0.15, 0.2) is 41.8 Å². The minimum Gasteiger partial charge on any atom is -0.338 e. The van der Waals surface area contributed by atoms with Crippen LogP contribution in [0.4, 0.5) is 10.5 Å². The first kappa shape index (κ1) is 20.1. The van der Waals surface area contributed by atoms with Crippen LogP contribution in [0.25, 0.3) is 0 Å². The molecule has 0 bridgehead atoms. The minimum absolute atomic E-state index is 0.0155. The monoisotopic (exact) mass is 426 g/mol. The largest absolute Gasteiger partial charge is 0.338 e. The number of imide groups is 1. The quantitative estimate of drug-likeness (QED) is 0.652. The summed E-state index contributed by atoms with van der Waals surface area (Å²) < 4.78 is 0. The Bertz CT molecular complexity index is 998. The van der Waals surface area contributed by atoms with Crippen LogP contribution in [0.3, 0.4) is 0 Å². The topological polar surface area (TPSA) is 108 Å². The van der Waals surface area contributed by atoms with Crippen LogP contribution in [0.2, 0.25) is 0 Å². The third-order valence-electron chi connectivity index (χ3n) is 5.64. The van der Waals surface area contributed by atoms with Gasteiger partial charge in [-0.2, -0.15) is 0 Å².